The summed E-state index contributed by atoms with van der Waals surface area (Å²) >= 11 is 6.21. The van der Waals surface area contributed by atoms with Gasteiger partial charge >= 0.3 is 0 Å². The maximum Gasteiger partial charge on any atom is 0.273 e. The van der Waals surface area contributed by atoms with Crippen molar-refractivity contribution in [2.45, 2.75) is 32.6 Å². The molecule has 0 unspecified atom stereocenters. The van der Waals surface area contributed by atoms with Gasteiger partial charge in [0.25, 0.3) is 10.5 Å². The molecule has 0 bridgehead atoms. The Hall–Kier alpha value is -2.84. The smallest absolute Gasteiger partial charge is 0.273 e. The lowest BCUT2D eigenvalue weighted by molar-refractivity contribution is 0.266. The van der Waals surface area contributed by atoms with Gasteiger partial charge in [-0.1, -0.05) is 95.4 Å². The topological polar surface area (TPSA) is 204 Å². The first-order valence-electron chi connectivity index (χ1n) is 9.03. The number of benzene rings is 2. The lowest BCUT2D eigenvalue weighted by Gasteiger charge is -2.06. The number of thiol groups is 2. The van der Waals surface area contributed by atoms with Crippen molar-refractivity contribution in [3.8, 4) is 22.6 Å². The van der Waals surface area contributed by atoms with E-state index < -0.39 is 20.5 Å². The fraction of sp³-hybridized carbons (Fsp3) is 0.190. The number of rotatable bonds is 3. The van der Waals surface area contributed by atoms with E-state index in [1.807, 2.05) is 30.3 Å². The molecule has 1 aromatic heterocycles. The zero-order valence-corrected chi connectivity index (χ0v) is 20.6. The van der Waals surface area contributed by atoms with E-state index in [2.05, 4.69) is 55.6 Å². The number of carbonyl (C=O) groups is 2. The van der Waals surface area contributed by atoms with E-state index in [1.54, 1.807) is 18.2 Å². The van der Waals surface area contributed by atoms with Gasteiger partial charge in [0, 0.05) is 11.1 Å². The number of primary amides is 2. The van der Waals surface area contributed by atoms with Gasteiger partial charge in [0.2, 0.25) is 10.0 Å². The molecule has 2 aromatic carbocycles. The van der Waals surface area contributed by atoms with Crippen LogP contribution in [0.4, 0.5) is 9.59 Å². The lowest BCUT2D eigenvalue weighted by atomic mass is 10.1. The molecule has 2 amide bonds. The van der Waals surface area contributed by atoms with Gasteiger partial charge in [-0.25, -0.2) is 18.5 Å². The van der Waals surface area contributed by atoms with Gasteiger partial charge < -0.3 is 21.4 Å². The van der Waals surface area contributed by atoms with E-state index in [1.165, 1.54) is 18.9 Å². The summed E-state index contributed by atoms with van der Waals surface area (Å²) in [5, 5.41) is 3.98. The Morgan fingerprint density at radius 3 is 1.79 bits per heavy atom. The molecular weight excluding hydrogens is 500 g/mol. The number of primary sulfonamides is 1. The summed E-state index contributed by atoms with van der Waals surface area (Å²) in [5.41, 5.74) is 10.5. The average Bonchev–Trinajstić information content (AvgIpc) is 3.17. The molecule has 0 aliphatic rings. The van der Waals surface area contributed by atoms with Crippen molar-refractivity contribution in [1.29, 1.82) is 0 Å². The van der Waals surface area contributed by atoms with Crippen LogP contribution in [0.15, 0.2) is 70.3 Å². The summed E-state index contributed by atoms with van der Waals surface area (Å²) in [6.07, 6.45) is 2.54. The Balaban J connectivity index is -0.000000630. The summed E-state index contributed by atoms with van der Waals surface area (Å²) < 4.78 is 28.8. The van der Waals surface area contributed by atoms with Crippen LogP contribution in [0, 0.1) is 0 Å². The molecule has 10 nitrogen and oxygen atoms in total. The first-order chi connectivity index (χ1) is 14.9. The Labute approximate surface area is 211 Å². The molecule has 190 valence electrons. The molecule has 0 fully saturated rings. The highest BCUT2D eigenvalue weighted by Gasteiger charge is 2.20. The molecule has 0 saturated heterocycles. The first kappa shape index (κ1) is 35.7. The van der Waals surface area contributed by atoms with Gasteiger partial charge in [-0.05, 0) is 12.1 Å². The van der Waals surface area contributed by atoms with Crippen LogP contribution in [-0.2, 0) is 10.0 Å². The highest BCUT2D eigenvalue weighted by molar-refractivity contribution is 7.96. The van der Waals surface area contributed by atoms with Crippen molar-refractivity contribution in [3.63, 3.8) is 0 Å². The Morgan fingerprint density at radius 2 is 1.35 bits per heavy atom. The maximum absolute atomic E-state index is 11.7. The number of hydrogen-bond acceptors (Lipinski definition) is 6. The van der Waals surface area contributed by atoms with E-state index >= 15 is 0 Å². The van der Waals surface area contributed by atoms with Gasteiger partial charge in [0.05, 0.1) is 4.90 Å². The third-order valence-electron chi connectivity index (χ3n) is 3.05. The average molecular weight is 533 g/mol. The van der Waals surface area contributed by atoms with Crippen LogP contribution in [0.5, 0.6) is 0 Å². The predicted octanol–water partition coefficient (Wildman–Crippen LogP) is 3.87. The quantitative estimate of drug-likeness (QED) is 0.316. The van der Waals surface area contributed by atoms with Gasteiger partial charge in [0.1, 0.15) is 5.69 Å². The van der Waals surface area contributed by atoms with Crippen molar-refractivity contribution in [1.82, 2.24) is 4.98 Å². The molecule has 0 atom stereocenters. The maximum atomic E-state index is 11.7. The van der Waals surface area contributed by atoms with Crippen molar-refractivity contribution in [3.05, 3.63) is 61.0 Å². The number of nitrogens with two attached hydrogens (primary N) is 3. The van der Waals surface area contributed by atoms with E-state index in [9.17, 15) is 8.42 Å². The fourth-order valence-corrected chi connectivity index (χ4v) is 2.88. The largest absolute Gasteiger partial charge is 0.443 e. The van der Waals surface area contributed by atoms with E-state index in [4.69, 9.17) is 19.1 Å². The fourth-order valence-electron chi connectivity index (χ4n) is 2.14. The zero-order chi connectivity index (χ0) is 24.7. The number of nitrogens with zero attached hydrogens (tertiary/aromatic N) is 1. The molecule has 1 heterocycles. The molecule has 0 aliphatic heterocycles. The molecule has 8 N–H and O–H groups in total. The summed E-state index contributed by atoms with van der Waals surface area (Å²) in [7, 11) is -3.85. The van der Waals surface area contributed by atoms with Crippen molar-refractivity contribution in [2.24, 2.45) is 16.6 Å². The molecule has 0 saturated carbocycles. The zero-order valence-electron chi connectivity index (χ0n) is 18.0. The van der Waals surface area contributed by atoms with Crippen LogP contribution < -0.4 is 16.6 Å². The molecule has 3 rings (SSSR count). The molecule has 3 aromatic rings. The van der Waals surface area contributed by atoms with Crippen LogP contribution in [0.25, 0.3) is 22.6 Å². The normalized spacial score (nSPS) is 9.09. The Kier molecular flexibility index (Phi) is 19.5. The molecule has 0 aliphatic carbocycles. The molecule has 0 spiro atoms. The van der Waals surface area contributed by atoms with E-state index in [0.717, 1.165) is 5.56 Å². The monoisotopic (exact) mass is 532 g/mol. The van der Waals surface area contributed by atoms with Crippen LogP contribution in [0.2, 0.25) is 0 Å². The van der Waals surface area contributed by atoms with Crippen LogP contribution in [-0.4, -0.2) is 29.4 Å². The number of carbonyl (C=O) groups excluding carboxylic acids is 2. The van der Waals surface area contributed by atoms with Crippen LogP contribution >= 0.6 is 25.3 Å². The molecular formula is C21H32N4O6S3. The second-order valence-corrected chi connectivity index (χ2v) is 8.23. The third-order valence-corrected chi connectivity index (χ3v) is 4.02. The van der Waals surface area contributed by atoms with Crippen LogP contribution in [0.3, 0.4) is 0 Å². The number of amides is 2. The van der Waals surface area contributed by atoms with Crippen molar-refractivity contribution in [2.75, 3.05) is 0 Å². The molecule has 13 heteroatoms. The minimum absolute atomic E-state index is 0. The molecule has 0 radical (unpaired) electrons. The number of sulfonamides is 1. The predicted molar refractivity (Wildman–Crippen MR) is 142 cm³/mol. The summed E-state index contributed by atoms with van der Waals surface area (Å²) in [6.45, 7) is 4.25. The van der Waals surface area contributed by atoms with Gasteiger partial charge in [0.15, 0.2) is 12.2 Å². The first-order valence-corrected chi connectivity index (χ1v) is 11.5. The van der Waals surface area contributed by atoms with Crippen LogP contribution in [0.1, 0.15) is 27.7 Å². The van der Waals surface area contributed by atoms with Gasteiger partial charge in [-0.2, -0.15) is 0 Å². The second kappa shape index (κ2) is 18.6. The minimum atomic E-state index is -3.85. The standard InChI is InChI=1S/C15H12N2O3S.C3H8.2CH3NOS.CH4.H2O/c16-21(18,19)13-9-5-4-8-12(13)15-14(17-10-20-15)11-6-2-1-3-7-11;1-3-2;2*2-1(3)4;;/h1-10H,(H2,16,18,19);3H2,1-2H3;2*(H3,2,3,4);1H4;1H2. The third kappa shape index (κ3) is 14.3. The van der Waals surface area contributed by atoms with Gasteiger partial charge in [-0.3, -0.25) is 9.59 Å². The Bertz CT molecular complexity index is 1070. The highest BCUT2D eigenvalue weighted by Crippen LogP contribution is 2.34. The minimum Gasteiger partial charge on any atom is -0.443 e. The van der Waals surface area contributed by atoms with E-state index in [-0.39, 0.29) is 17.8 Å². The lowest BCUT2D eigenvalue weighted by Crippen LogP contribution is -2.13. The highest BCUT2D eigenvalue weighted by atomic mass is 32.2. The second-order valence-electron chi connectivity index (χ2n) is 5.82. The summed E-state index contributed by atoms with van der Waals surface area (Å²) in [4.78, 5) is 22.4. The summed E-state index contributed by atoms with van der Waals surface area (Å²) in [6, 6.07) is 15.8. The van der Waals surface area contributed by atoms with E-state index in [0.29, 0.717) is 17.0 Å². The Morgan fingerprint density at radius 1 is 0.941 bits per heavy atom. The van der Waals surface area contributed by atoms with Gasteiger partial charge in [-0.15, -0.1) is 0 Å². The summed E-state index contributed by atoms with van der Waals surface area (Å²) in [5.74, 6) is 0.380. The number of hydrogen-bond donors (Lipinski definition) is 5. The number of oxazole rings is 1. The molecule has 34 heavy (non-hydrogen) atoms. The van der Waals surface area contributed by atoms with Crippen molar-refractivity contribution < 1.29 is 27.9 Å². The SMILES string of the molecule is C.CCC.NC(=O)S.NC(=O)S.NS(=O)(=O)c1ccccc1-c1ocnc1-c1ccccc1.O. The number of aromatic nitrogens is 1. The van der Waals surface area contributed by atoms with Crippen molar-refractivity contribution >= 4 is 45.8 Å².